The lowest BCUT2D eigenvalue weighted by Gasteiger charge is -2.16. The molecule has 0 unspecified atom stereocenters. The van der Waals surface area contributed by atoms with Crippen LogP contribution in [0.5, 0.6) is 11.5 Å². The number of aromatic amines is 1. The summed E-state index contributed by atoms with van der Waals surface area (Å²) in [5, 5.41) is 7.33. The van der Waals surface area contributed by atoms with Crippen molar-refractivity contribution in [1.29, 1.82) is 0 Å². The van der Waals surface area contributed by atoms with Gasteiger partial charge in [0.25, 0.3) is 0 Å². The van der Waals surface area contributed by atoms with E-state index >= 15 is 0 Å². The van der Waals surface area contributed by atoms with Crippen molar-refractivity contribution in [1.82, 2.24) is 14.9 Å². The SMILES string of the molecule is CCOc1cc(CNn2c(C)n[nH]c2=S)cc(Cl)c1OCc1ccccc1C. The molecule has 0 atom stereocenters. The molecule has 0 amide bonds. The first kappa shape index (κ1) is 20.2. The third-order valence-corrected chi connectivity index (χ3v) is 4.84. The molecule has 8 heteroatoms. The molecule has 148 valence electrons. The molecule has 28 heavy (non-hydrogen) atoms. The lowest BCUT2D eigenvalue weighted by molar-refractivity contribution is 0.269. The molecular weight excluding hydrogens is 396 g/mol. The van der Waals surface area contributed by atoms with E-state index in [1.807, 2.05) is 44.2 Å². The quantitative estimate of drug-likeness (QED) is 0.507. The lowest BCUT2D eigenvalue weighted by Crippen LogP contribution is -2.16. The Kier molecular flexibility index (Phi) is 6.59. The van der Waals surface area contributed by atoms with E-state index in [4.69, 9.17) is 33.3 Å². The average Bonchev–Trinajstić information content (AvgIpc) is 2.99. The molecule has 3 aromatic rings. The third-order valence-electron chi connectivity index (χ3n) is 4.28. The van der Waals surface area contributed by atoms with Gasteiger partial charge in [0.2, 0.25) is 4.77 Å². The fourth-order valence-corrected chi connectivity index (χ4v) is 3.31. The maximum atomic E-state index is 6.52. The summed E-state index contributed by atoms with van der Waals surface area (Å²) in [6, 6.07) is 11.9. The number of nitrogens with zero attached hydrogens (tertiary/aromatic N) is 2. The van der Waals surface area contributed by atoms with E-state index in [1.165, 1.54) is 5.56 Å². The maximum absolute atomic E-state index is 6.52. The first-order valence-electron chi connectivity index (χ1n) is 9.00. The van der Waals surface area contributed by atoms with E-state index in [1.54, 1.807) is 4.68 Å². The van der Waals surface area contributed by atoms with Crippen LogP contribution in [0.15, 0.2) is 36.4 Å². The number of halogens is 1. The molecule has 1 heterocycles. The van der Waals surface area contributed by atoms with Crippen LogP contribution in [0.4, 0.5) is 0 Å². The second-order valence-corrected chi connectivity index (χ2v) is 7.09. The van der Waals surface area contributed by atoms with Crippen LogP contribution in [0, 0.1) is 18.6 Å². The van der Waals surface area contributed by atoms with Crippen LogP contribution in [-0.2, 0) is 13.2 Å². The van der Waals surface area contributed by atoms with Crippen LogP contribution < -0.4 is 14.9 Å². The van der Waals surface area contributed by atoms with Crippen molar-refractivity contribution < 1.29 is 9.47 Å². The number of benzene rings is 2. The zero-order valence-electron chi connectivity index (χ0n) is 16.1. The summed E-state index contributed by atoms with van der Waals surface area (Å²) in [5.74, 6) is 1.92. The lowest BCUT2D eigenvalue weighted by atomic mass is 10.1. The zero-order valence-corrected chi connectivity index (χ0v) is 17.7. The van der Waals surface area contributed by atoms with E-state index in [-0.39, 0.29) is 0 Å². The van der Waals surface area contributed by atoms with E-state index in [2.05, 4.69) is 28.6 Å². The molecule has 0 spiro atoms. The average molecular weight is 419 g/mol. The summed E-state index contributed by atoms with van der Waals surface area (Å²) in [6.45, 7) is 7.29. The monoisotopic (exact) mass is 418 g/mol. The highest BCUT2D eigenvalue weighted by Gasteiger charge is 2.14. The molecule has 0 aliphatic heterocycles. The number of nitrogens with one attached hydrogen (secondary N) is 2. The van der Waals surface area contributed by atoms with Crippen molar-refractivity contribution in [2.24, 2.45) is 0 Å². The number of H-pyrrole nitrogens is 1. The van der Waals surface area contributed by atoms with E-state index in [0.29, 0.717) is 41.1 Å². The molecule has 0 aliphatic carbocycles. The first-order chi connectivity index (χ1) is 13.5. The van der Waals surface area contributed by atoms with Gasteiger partial charge in [-0.25, -0.2) is 4.68 Å². The van der Waals surface area contributed by atoms with Crippen molar-refractivity contribution >= 4 is 23.8 Å². The van der Waals surface area contributed by atoms with Crippen molar-refractivity contribution in [3.8, 4) is 11.5 Å². The van der Waals surface area contributed by atoms with E-state index < -0.39 is 0 Å². The van der Waals surface area contributed by atoms with Gasteiger partial charge in [0.1, 0.15) is 12.4 Å². The standard InChI is InChI=1S/C20H23ClN4O2S/c1-4-26-18-10-15(11-22-25-14(3)23-24-20(25)28)9-17(21)19(18)27-12-16-8-6-5-7-13(16)2/h5-10,22H,4,11-12H2,1-3H3,(H,24,28). The number of aryl methyl sites for hydroxylation is 2. The summed E-state index contributed by atoms with van der Waals surface area (Å²) >= 11 is 11.7. The minimum atomic E-state index is 0.424. The van der Waals surface area contributed by atoms with Gasteiger partial charge in [-0.15, -0.1) is 0 Å². The molecule has 0 saturated heterocycles. The molecular formula is C20H23ClN4O2S. The molecule has 0 saturated carbocycles. The fourth-order valence-electron chi connectivity index (χ4n) is 2.78. The van der Waals surface area contributed by atoms with E-state index in [0.717, 1.165) is 17.0 Å². The second kappa shape index (κ2) is 9.12. The largest absolute Gasteiger partial charge is 0.490 e. The minimum absolute atomic E-state index is 0.424. The molecule has 6 nitrogen and oxygen atoms in total. The van der Waals surface area contributed by atoms with Gasteiger partial charge in [-0.05, 0) is 61.8 Å². The smallest absolute Gasteiger partial charge is 0.214 e. The van der Waals surface area contributed by atoms with Gasteiger partial charge in [-0.3, -0.25) is 5.10 Å². The summed E-state index contributed by atoms with van der Waals surface area (Å²) < 4.78 is 14.0. The van der Waals surface area contributed by atoms with Crippen molar-refractivity contribution in [3.63, 3.8) is 0 Å². The normalized spacial score (nSPS) is 10.7. The fraction of sp³-hybridized carbons (Fsp3) is 0.300. The van der Waals surface area contributed by atoms with Gasteiger partial charge in [-0.2, -0.15) is 5.10 Å². The summed E-state index contributed by atoms with van der Waals surface area (Å²) in [6.07, 6.45) is 0. The Morgan fingerprint density at radius 2 is 2.00 bits per heavy atom. The van der Waals surface area contributed by atoms with Crippen LogP contribution in [0.2, 0.25) is 5.02 Å². The Morgan fingerprint density at radius 3 is 2.68 bits per heavy atom. The summed E-state index contributed by atoms with van der Waals surface area (Å²) in [4.78, 5) is 0. The first-order valence-corrected chi connectivity index (χ1v) is 9.78. The number of rotatable bonds is 8. The van der Waals surface area contributed by atoms with Crippen LogP contribution in [-0.4, -0.2) is 21.5 Å². The van der Waals surface area contributed by atoms with Gasteiger partial charge in [0.15, 0.2) is 11.5 Å². The molecule has 2 aromatic carbocycles. The molecule has 0 aliphatic rings. The number of hydrogen-bond donors (Lipinski definition) is 2. The molecule has 2 N–H and O–H groups in total. The predicted octanol–water partition coefficient (Wildman–Crippen LogP) is 4.93. The van der Waals surface area contributed by atoms with Crippen molar-refractivity contribution in [3.05, 3.63) is 68.7 Å². The number of aromatic nitrogens is 3. The summed E-state index contributed by atoms with van der Waals surface area (Å²) in [5.41, 5.74) is 6.45. The Bertz CT molecular complexity index is 1020. The molecule has 1 aromatic heterocycles. The maximum Gasteiger partial charge on any atom is 0.214 e. The highest BCUT2D eigenvalue weighted by molar-refractivity contribution is 7.71. The van der Waals surface area contributed by atoms with Crippen LogP contribution in [0.1, 0.15) is 29.4 Å². The summed E-state index contributed by atoms with van der Waals surface area (Å²) in [7, 11) is 0. The van der Waals surface area contributed by atoms with Gasteiger partial charge in [0.05, 0.1) is 18.2 Å². The molecule has 0 radical (unpaired) electrons. The third kappa shape index (κ3) is 4.66. The topological polar surface area (TPSA) is 64.1 Å². The second-order valence-electron chi connectivity index (χ2n) is 6.30. The Morgan fingerprint density at radius 1 is 1.21 bits per heavy atom. The predicted molar refractivity (Wildman–Crippen MR) is 113 cm³/mol. The Hall–Kier alpha value is -2.51. The number of hydrogen-bond acceptors (Lipinski definition) is 5. The molecule has 0 bridgehead atoms. The van der Waals surface area contributed by atoms with E-state index in [9.17, 15) is 0 Å². The zero-order chi connectivity index (χ0) is 20.1. The van der Waals surface area contributed by atoms with Gasteiger partial charge < -0.3 is 14.9 Å². The molecule has 3 rings (SSSR count). The highest BCUT2D eigenvalue weighted by Crippen LogP contribution is 2.37. The van der Waals surface area contributed by atoms with Crippen molar-refractivity contribution in [2.75, 3.05) is 12.0 Å². The number of ether oxygens (including phenoxy) is 2. The van der Waals surface area contributed by atoms with Gasteiger partial charge >= 0.3 is 0 Å². The van der Waals surface area contributed by atoms with Gasteiger partial charge in [-0.1, -0.05) is 35.9 Å². The minimum Gasteiger partial charge on any atom is -0.490 e. The Labute approximate surface area is 174 Å². The van der Waals surface area contributed by atoms with Gasteiger partial charge in [0, 0.05) is 0 Å². The van der Waals surface area contributed by atoms with Crippen LogP contribution in [0.3, 0.4) is 0 Å². The van der Waals surface area contributed by atoms with Crippen LogP contribution in [0.25, 0.3) is 0 Å². The Balaban J connectivity index is 1.79. The molecule has 0 fully saturated rings. The highest BCUT2D eigenvalue weighted by atomic mass is 35.5. The van der Waals surface area contributed by atoms with Crippen molar-refractivity contribution in [2.45, 2.75) is 33.9 Å². The van der Waals surface area contributed by atoms with Crippen LogP contribution >= 0.6 is 23.8 Å².